The van der Waals surface area contributed by atoms with Crippen LogP contribution in [0, 0.1) is 11.3 Å². The summed E-state index contributed by atoms with van der Waals surface area (Å²) in [6.07, 6.45) is 1.90. The van der Waals surface area contributed by atoms with Crippen LogP contribution in [0.3, 0.4) is 0 Å². The number of nitriles is 1. The number of fused-ring (bicyclic) bond motifs is 6. The van der Waals surface area contributed by atoms with Crippen molar-refractivity contribution in [2.24, 2.45) is 0 Å². The zero-order chi connectivity index (χ0) is 30.1. The lowest BCUT2D eigenvalue weighted by molar-refractivity contribution is 1.10. The normalized spacial score (nSPS) is 12.3. The van der Waals surface area contributed by atoms with Gasteiger partial charge in [0, 0.05) is 27.7 Å². The summed E-state index contributed by atoms with van der Waals surface area (Å²) < 4.78 is 4.49. The van der Waals surface area contributed by atoms with E-state index in [9.17, 15) is 5.26 Å². The predicted octanol–water partition coefficient (Wildman–Crippen LogP) is 10.6. The van der Waals surface area contributed by atoms with E-state index < -0.39 is 0 Å². The number of aromatic nitrogens is 3. The summed E-state index contributed by atoms with van der Waals surface area (Å²) >= 11 is 0. The van der Waals surface area contributed by atoms with Gasteiger partial charge in [0.05, 0.1) is 27.9 Å². The maximum atomic E-state index is 11.0. The molecule has 0 aliphatic heterocycles. The zero-order valence-corrected chi connectivity index (χ0v) is 24.5. The van der Waals surface area contributed by atoms with E-state index in [-0.39, 0.29) is 0 Å². The Labute approximate surface area is 262 Å². The Kier molecular flexibility index (Phi) is 4.36. The molecule has 0 bridgehead atoms. The van der Waals surface area contributed by atoms with E-state index in [2.05, 4.69) is 143 Å². The molecule has 4 heteroatoms. The summed E-state index contributed by atoms with van der Waals surface area (Å²) in [5.41, 5.74) is 6.41. The van der Waals surface area contributed by atoms with Crippen molar-refractivity contribution in [2.75, 3.05) is 0 Å². The van der Waals surface area contributed by atoms with E-state index in [4.69, 9.17) is 4.98 Å². The van der Waals surface area contributed by atoms with Gasteiger partial charge in [0.1, 0.15) is 17.3 Å². The average Bonchev–Trinajstić information content (AvgIpc) is 3.64. The first kappa shape index (κ1) is 23.9. The van der Waals surface area contributed by atoms with Gasteiger partial charge in [-0.05, 0) is 79.5 Å². The largest absolute Gasteiger partial charge is 0.308 e. The van der Waals surface area contributed by atoms with Crippen molar-refractivity contribution >= 4 is 86.8 Å². The molecule has 46 heavy (non-hydrogen) atoms. The molecule has 11 rings (SSSR count). The average molecular weight is 583 g/mol. The molecule has 0 aliphatic rings. The Hall–Kier alpha value is -6.44. The number of pyridine rings is 1. The van der Waals surface area contributed by atoms with Crippen LogP contribution in [0.1, 0.15) is 5.56 Å². The van der Waals surface area contributed by atoms with Gasteiger partial charge >= 0.3 is 0 Å². The molecular weight excluding hydrogens is 560 g/mol. The lowest BCUT2D eigenvalue weighted by Gasteiger charge is -2.15. The van der Waals surface area contributed by atoms with Crippen LogP contribution in [0.25, 0.3) is 98.2 Å². The van der Waals surface area contributed by atoms with Crippen LogP contribution in [-0.2, 0) is 0 Å². The second kappa shape index (κ2) is 8.38. The zero-order valence-electron chi connectivity index (χ0n) is 24.5. The molecular formula is C42H22N4. The molecule has 0 saturated carbocycles. The fraction of sp³-hybridized carbons (Fsp3) is 0. The van der Waals surface area contributed by atoms with Crippen LogP contribution in [0.4, 0.5) is 0 Å². The minimum absolute atomic E-state index is 0.613. The standard InChI is InChI=1S/C42H22N4/c43-23-32-33(45-35-18-5-13-28-24-9-1-2-10-25(24)29-14-6-19-36(45)39(29)38(28)35)16-8-17-34(32)46-37-20-7-15-30-26-11-3-4-12-27(26)31-21-22-44-42(46)41(31)40(30)37/h1-22H. The van der Waals surface area contributed by atoms with Gasteiger partial charge in [0.25, 0.3) is 0 Å². The number of benzene rings is 8. The second-order valence-electron chi connectivity index (χ2n) is 12.2. The van der Waals surface area contributed by atoms with Crippen LogP contribution >= 0.6 is 0 Å². The molecule has 0 N–H and O–H groups in total. The molecule has 3 aromatic heterocycles. The first-order valence-corrected chi connectivity index (χ1v) is 15.5. The number of hydrogen-bond donors (Lipinski definition) is 0. The molecule has 0 amide bonds. The Morgan fingerprint density at radius 3 is 1.35 bits per heavy atom. The molecule has 0 radical (unpaired) electrons. The highest BCUT2D eigenvalue weighted by atomic mass is 15.1. The number of hydrogen-bond acceptors (Lipinski definition) is 2. The lowest BCUT2D eigenvalue weighted by atomic mass is 9.95. The highest BCUT2D eigenvalue weighted by Crippen LogP contribution is 2.46. The number of rotatable bonds is 2. The monoisotopic (exact) mass is 582 g/mol. The molecule has 0 fully saturated rings. The maximum absolute atomic E-state index is 11.0. The molecule has 3 heterocycles. The van der Waals surface area contributed by atoms with Gasteiger partial charge in [-0.1, -0.05) is 91.0 Å². The summed E-state index contributed by atoms with van der Waals surface area (Å²) in [6.45, 7) is 0. The first-order valence-electron chi connectivity index (χ1n) is 15.5. The molecule has 8 aromatic carbocycles. The van der Waals surface area contributed by atoms with Crippen molar-refractivity contribution in [1.82, 2.24) is 14.1 Å². The summed E-state index contributed by atoms with van der Waals surface area (Å²) in [7, 11) is 0. The molecule has 0 unspecified atom stereocenters. The topological polar surface area (TPSA) is 46.5 Å². The minimum Gasteiger partial charge on any atom is -0.308 e. The molecule has 210 valence electrons. The molecule has 0 atom stereocenters. The van der Waals surface area contributed by atoms with Crippen LogP contribution in [0.15, 0.2) is 134 Å². The van der Waals surface area contributed by atoms with Crippen LogP contribution in [-0.4, -0.2) is 14.1 Å². The number of nitrogens with zero attached hydrogens (tertiary/aromatic N) is 4. The molecule has 4 nitrogen and oxygen atoms in total. The van der Waals surface area contributed by atoms with E-state index in [1.807, 2.05) is 6.20 Å². The van der Waals surface area contributed by atoms with Crippen molar-refractivity contribution in [3.63, 3.8) is 0 Å². The summed E-state index contributed by atoms with van der Waals surface area (Å²) in [6, 6.07) is 47.8. The van der Waals surface area contributed by atoms with Crippen LogP contribution < -0.4 is 0 Å². The van der Waals surface area contributed by atoms with E-state index in [0.717, 1.165) is 39.0 Å². The SMILES string of the molecule is N#Cc1c(-n2c3cccc4c5ccccc5c5cccc2c5c43)cccc1-n1c2cccc3c4ccccc4c4ccnc1c4c32. The van der Waals surface area contributed by atoms with Crippen LogP contribution in [0.5, 0.6) is 0 Å². The quantitative estimate of drug-likeness (QED) is 0.190. The third kappa shape index (κ3) is 2.73. The van der Waals surface area contributed by atoms with E-state index >= 15 is 0 Å². The maximum Gasteiger partial charge on any atom is 0.146 e. The minimum atomic E-state index is 0.613. The van der Waals surface area contributed by atoms with Crippen molar-refractivity contribution in [2.45, 2.75) is 0 Å². The van der Waals surface area contributed by atoms with Crippen molar-refractivity contribution in [3.05, 3.63) is 139 Å². The van der Waals surface area contributed by atoms with Gasteiger partial charge < -0.3 is 4.57 Å². The van der Waals surface area contributed by atoms with Crippen molar-refractivity contribution in [1.29, 1.82) is 5.26 Å². The summed E-state index contributed by atoms with van der Waals surface area (Å²) in [5, 5.41) is 25.6. The van der Waals surface area contributed by atoms with Gasteiger partial charge in [-0.15, -0.1) is 0 Å². The molecule has 11 aromatic rings. The fourth-order valence-electron chi connectivity index (χ4n) is 8.40. The Bertz CT molecular complexity index is 2720. The molecule has 0 spiro atoms. The highest BCUT2D eigenvalue weighted by Gasteiger charge is 2.25. The Morgan fingerprint density at radius 1 is 0.413 bits per heavy atom. The molecule has 0 saturated heterocycles. The predicted molar refractivity (Wildman–Crippen MR) is 190 cm³/mol. The third-order valence-corrected chi connectivity index (χ3v) is 10.1. The fourth-order valence-corrected chi connectivity index (χ4v) is 8.40. The van der Waals surface area contributed by atoms with Gasteiger partial charge in [-0.2, -0.15) is 5.26 Å². The van der Waals surface area contributed by atoms with Gasteiger partial charge in [-0.3, -0.25) is 4.57 Å². The molecule has 0 aliphatic carbocycles. The Balaban J connectivity index is 1.30. The van der Waals surface area contributed by atoms with Gasteiger partial charge in [0.15, 0.2) is 0 Å². The first-order chi connectivity index (χ1) is 22.8. The third-order valence-electron chi connectivity index (χ3n) is 10.1. The van der Waals surface area contributed by atoms with Gasteiger partial charge in [-0.25, -0.2) is 4.98 Å². The lowest BCUT2D eigenvalue weighted by Crippen LogP contribution is -2.04. The summed E-state index contributed by atoms with van der Waals surface area (Å²) in [4.78, 5) is 4.97. The van der Waals surface area contributed by atoms with Crippen LogP contribution in [0.2, 0.25) is 0 Å². The van der Waals surface area contributed by atoms with Gasteiger partial charge in [0.2, 0.25) is 0 Å². The second-order valence-corrected chi connectivity index (χ2v) is 12.2. The highest BCUT2D eigenvalue weighted by molar-refractivity contribution is 6.35. The Morgan fingerprint density at radius 2 is 0.826 bits per heavy atom. The van der Waals surface area contributed by atoms with E-state index in [1.54, 1.807) is 0 Å². The van der Waals surface area contributed by atoms with E-state index in [0.29, 0.717) is 5.56 Å². The van der Waals surface area contributed by atoms with Crippen molar-refractivity contribution < 1.29 is 0 Å². The summed E-state index contributed by atoms with van der Waals surface area (Å²) in [5.74, 6) is 0. The smallest absolute Gasteiger partial charge is 0.146 e. The van der Waals surface area contributed by atoms with E-state index in [1.165, 1.54) is 59.2 Å². The van der Waals surface area contributed by atoms with Crippen molar-refractivity contribution in [3.8, 4) is 17.4 Å².